The summed E-state index contributed by atoms with van der Waals surface area (Å²) in [5.41, 5.74) is 0. The summed E-state index contributed by atoms with van der Waals surface area (Å²) in [6, 6.07) is 0. The number of hydrogen-bond acceptors (Lipinski definition) is 4. The molecule has 7 heavy (non-hydrogen) atoms. The van der Waals surface area contributed by atoms with E-state index < -0.39 is 11.9 Å². The van der Waals surface area contributed by atoms with Gasteiger partial charge in [0.05, 0.1) is 11.9 Å². The Morgan fingerprint density at radius 1 is 1.00 bits per heavy atom. The van der Waals surface area contributed by atoms with Crippen LogP contribution in [0, 0.1) is 0 Å². The van der Waals surface area contributed by atoms with Crippen LogP contribution in [0.4, 0.5) is 0 Å². The zero-order valence-electron chi connectivity index (χ0n) is 2.97. The van der Waals surface area contributed by atoms with Crippen LogP contribution in [-0.2, 0) is 29.1 Å². The monoisotopic (exact) mass is 191 g/mol. The van der Waals surface area contributed by atoms with E-state index in [1.165, 1.54) is 0 Å². The molecule has 5 heteroatoms. The smallest absolute Gasteiger partial charge is 0.543 e. The van der Waals surface area contributed by atoms with Crippen molar-refractivity contribution in [1.82, 2.24) is 0 Å². The van der Waals surface area contributed by atoms with E-state index in [1.54, 1.807) is 0 Å². The number of carboxylic acid groups (broad SMARTS) is 2. The summed E-state index contributed by atoms with van der Waals surface area (Å²) in [6.45, 7) is 0. The van der Waals surface area contributed by atoms with Gasteiger partial charge in [0, 0.05) is 0 Å². The minimum Gasteiger partial charge on any atom is -0.543 e. The van der Waals surface area contributed by atoms with Crippen LogP contribution < -0.4 is 10.2 Å². The zero-order valence-corrected chi connectivity index (χ0v) is 4.61. The first-order valence-corrected chi connectivity index (χ1v) is 1.07. The van der Waals surface area contributed by atoms with Crippen LogP contribution in [0.3, 0.4) is 0 Å². The standard InChI is InChI=1S/C2H2O4.Rh/c3-1(4)2(5)6;/h(H,3,4)(H,5,6);/q;+3/p-2. The van der Waals surface area contributed by atoms with E-state index in [9.17, 15) is 0 Å². The summed E-state index contributed by atoms with van der Waals surface area (Å²) in [5.74, 6) is -4.37. The van der Waals surface area contributed by atoms with E-state index >= 15 is 0 Å². The number of aliphatic carboxylic acids is 2. The van der Waals surface area contributed by atoms with Crippen molar-refractivity contribution >= 4 is 11.9 Å². The van der Waals surface area contributed by atoms with Gasteiger partial charge in [-0.15, -0.1) is 0 Å². The Balaban J connectivity index is 0. The van der Waals surface area contributed by atoms with Gasteiger partial charge in [-0.25, -0.2) is 0 Å². The summed E-state index contributed by atoms with van der Waals surface area (Å²) >= 11 is 0. The molecule has 0 rings (SSSR count). The third-order valence-corrected chi connectivity index (χ3v) is 0.167. The molecular weight excluding hydrogens is 191 g/mol. The van der Waals surface area contributed by atoms with Crippen molar-refractivity contribution in [3.8, 4) is 0 Å². The van der Waals surface area contributed by atoms with Gasteiger partial charge in [0.15, 0.2) is 0 Å². The molecule has 0 aromatic rings. The second-order valence-corrected chi connectivity index (χ2v) is 0.575. The van der Waals surface area contributed by atoms with Crippen molar-refractivity contribution in [1.29, 1.82) is 0 Å². The number of carbonyl (C=O) groups is 2. The molecule has 0 aliphatic rings. The Bertz CT molecular complexity index is 75.7. The summed E-state index contributed by atoms with van der Waals surface area (Å²) in [5, 5.41) is 17.9. The van der Waals surface area contributed by atoms with Gasteiger partial charge in [-0.05, 0) is 0 Å². The molecule has 40 valence electrons. The molecule has 4 nitrogen and oxygen atoms in total. The molecule has 0 heterocycles. The molecule has 0 aliphatic carbocycles. The Kier molecular flexibility index (Phi) is 5.22. The predicted molar refractivity (Wildman–Crippen MR) is 10.0 cm³/mol. The van der Waals surface area contributed by atoms with Crippen LogP contribution >= 0.6 is 0 Å². The van der Waals surface area contributed by atoms with Crippen LogP contribution in [-0.4, -0.2) is 11.9 Å². The molecular formula is C2O4Rh+. The third kappa shape index (κ3) is 5.56. The quantitative estimate of drug-likeness (QED) is 0.293. The van der Waals surface area contributed by atoms with Gasteiger partial charge >= 0.3 is 19.5 Å². The second kappa shape index (κ2) is 3.74. The Hall–Kier alpha value is -0.437. The van der Waals surface area contributed by atoms with E-state index in [4.69, 9.17) is 19.8 Å². The largest absolute Gasteiger partial charge is 3.00 e. The molecule has 0 amide bonds. The maximum atomic E-state index is 8.93. The molecule has 0 aromatic carbocycles. The fourth-order valence-corrected chi connectivity index (χ4v) is 0. The van der Waals surface area contributed by atoms with E-state index in [1.807, 2.05) is 0 Å². The van der Waals surface area contributed by atoms with Crippen molar-refractivity contribution in [2.75, 3.05) is 0 Å². The number of rotatable bonds is 0. The van der Waals surface area contributed by atoms with Crippen LogP contribution in [0.2, 0.25) is 0 Å². The van der Waals surface area contributed by atoms with Crippen molar-refractivity contribution in [2.45, 2.75) is 0 Å². The molecule has 0 N–H and O–H groups in total. The Labute approximate surface area is 51.9 Å². The number of carboxylic acids is 2. The molecule has 0 atom stereocenters. The van der Waals surface area contributed by atoms with Crippen molar-refractivity contribution in [3.05, 3.63) is 0 Å². The van der Waals surface area contributed by atoms with Crippen molar-refractivity contribution in [3.63, 3.8) is 0 Å². The third-order valence-electron chi connectivity index (χ3n) is 0.167. The molecule has 0 saturated carbocycles. The van der Waals surface area contributed by atoms with Gasteiger partial charge < -0.3 is 19.8 Å². The van der Waals surface area contributed by atoms with Gasteiger partial charge in [0.2, 0.25) is 0 Å². The summed E-state index contributed by atoms with van der Waals surface area (Å²) in [6.07, 6.45) is 0. The predicted octanol–water partition coefficient (Wildman–Crippen LogP) is -3.52. The van der Waals surface area contributed by atoms with Gasteiger partial charge in [-0.1, -0.05) is 0 Å². The summed E-state index contributed by atoms with van der Waals surface area (Å²) in [4.78, 5) is 17.9. The normalized spacial score (nSPS) is 6.29. The van der Waals surface area contributed by atoms with Crippen LogP contribution in [0.5, 0.6) is 0 Å². The first-order valence-electron chi connectivity index (χ1n) is 1.07. The first kappa shape index (κ1) is 9.76. The maximum absolute atomic E-state index is 8.93. The number of hydrogen-bond donors (Lipinski definition) is 0. The molecule has 0 aromatic heterocycles. The molecule has 0 bridgehead atoms. The van der Waals surface area contributed by atoms with Gasteiger partial charge in [-0.2, -0.15) is 0 Å². The summed E-state index contributed by atoms with van der Waals surface area (Å²) in [7, 11) is 0. The van der Waals surface area contributed by atoms with Crippen LogP contribution in [0.15, 0.2) is 0 Å². The van der Waals surface area contributed by atoms with E-state index in [2.05, 4.69) is 0 Å². The topological polar surface area (TPSA) is 80.3 Å². The Morgan fingerprint density at radius 2 is 1.14 bits per heavy atom. The van der Waals surface area contributed by atoms with Crippen molar-refractivity contribution in [2.24, 2.45) is 0 Å². The molecule has 0 radical (unpaired) electrons. The minimum absolute atomic E-state index is 0. The number of carbonyl (C=O) groups excluding carboxylic acids is 2. The molecule has 0 fully saturated rings. The minimum atomic E-state index is -2.19. The van der Waals surface area contributed by atoms with Gasteiger partial charge in [-0.3, -0.25) is 0 Å². The molecule has 0 spiro atoms. The van der Waals surface area contributed by atoms with E-state index in [0.29, 0.717) is 0 Å². The van der Waals surface area contributed by atoms with Crippen molar-refractivity contribution < 1.29 is 39.3 Å². The average Bonchev–Trinajstić information content (AvgIpc) is 1.36. The zero-order chi connectivity index (χ0) is 5.15. The maximum Gasteiger partial charge on any atom is 3.00 e. The van der Waals surface area contributed by atoms with Gasteiger partial charge in [0.1, 0.15) is 0 Å². The van der Waals surface area contributed by atoms with Crippen LogP contribution in [0.1, 0.15) is 0 Å². The fourth-order valence-electron chi connectivity index (χ4n) is 0. The van der Waals surface area contributed by atoms with Gasteiger partial charge in [0.25, 0.3) is 0 Å². The molecule has 0 aliphatic heterocycles. The second-order valence-electron chi connectivity index (χ2n) is 0.575. The average molecular weight is 191 g/mol. The molecule has 0 unspecified atom stereocenters. The molecule has 0 saturated heterocycles. The first-order chi connectivity index (χ1) is 2.64. The fraction of sp³-hybridized carbons (Fsp3) is 0. The SMILES string of the molecule is O=C([O-])C(=O)[O-].[Rh+3]. The summed E-state index contributed by atoms with van der Waals surface area (Å²) < 4.78 is 0. The van der Waals surface area contributed by atoms with E-state index in [0.717, 1.165) is 0 Å². The van der Waals surface area contributed by atoms with E-state index in [-0.39, 0.29) is 19.5 Å². The Morgan fingerprint density at radius 3 is 1.14 bits per heavy atom. The van der Waals surface area contributed by atoms with Crippen LogP contribution in [0.25, 0.3) is 0 Å².